The topological polar surface area (TPSA) is 62.4 Å². The second-order valence-electron chi connectivity index (χ2n) is 3.92. The van der Waals surface area contributed by atoms with Crippen LogP contribution in [0.15, 0.2) is 17.1 Å². The van der Waals surface area contributed by atoms with E-state index >= 15 is 0 Å². The molecule has 1 amide bonds. The Balaban J connectivity index is 2.60. The number of amides is 1. The van der Waals surface area contributed by atoms with E-state index in [1.165, 1.54) is 17.2 Å². The number of nitrogens with zero attached hydrogens (tertiary/aromatic N) is 1. The first-order valence-corrected chi connectivity index (χ1v) is 6.77. The predicted octanol–water partition coefficient (Wildman–Crippen LogP) is 1.17. The van der Waals surface area contributed by atoms with Crippen molar-refractivity contribution >= 4 is 21.8 Å². The van der Waals surface area contributed by atoms with Crippen molar-refractivity contribution in [3.63, 3.8) is 0 Å². The summed E-state index contributed by atoms with van der Waals surface area (Å²) >= 11 is 3.25. The van der Waals surface area contributed by atoms with Crippen LogP contribution < -0.4 is 5.43 Å². The molecule has 1 rings (SSSR count). The molecule has 18 heavy (non-hydrogen) atoms. The summed E-state index contributed by atoms with van der Waals surface area (Å²) in [6.07, 6.45) is 1.45. The molecular weight excluding hydrogens is 300 g/mol. The van der Waals surface area contributed by atoms with Crippen LogP contribution in [0.25, 0.3) is 0 Å². The Kier molecular flexibility index (Phi) is 6.07. The molecule has 0 aliphatic carbocycles. The molecule has 100 valence electrons. The Morgan fingerprint density at radius 2 is 2.22 bits per heavy atom. The molecule has 0 atom stereocenters. The molecule has 0 unspecified atom stereocenters. The molecule has 0 aliphatic heterocycles. The first-order chi connectivity index (χ1) is 8.56. The van der Waals surface area contributed by atoms with Gasteiger partial charge in [-0.3, -0.25) is 9.59 Å². The highest BCUT2D eigenvalue weighted by atomic mass is 79.9. The second-order valence-corrected chi connectivity index (χ2v) is 4.72. The number of carbonyl (C=O) groups excluding carboxylic acids is 1. The van der Waals surface area contributed by atoms with E-state index < -0.39 is 0 Å². The third-order valence-electron chi connectivity index (χ3n) is 2.43. The minimum Gasteiger partial charge on any atom is -0.379 e. The van der Waals surface area contributed by atoms with Gasteiger partial charge in [-0.2, -0.15) is 0 Å². The van der Waals surface area contributed by atoms with Gasteiger partial charge in [0.2, 0.25) is 0 Å². The molecular formula is C12H17BrN2O3. The standard InChI is InChI=1S/C12H17BrN2O3/c1-9-7-11(16)10(8-14-9)12(17)15(2)4-6-18-5-3-13/h7-8H,3-6H2,1-2H3,(H,14,16). The van der Waals surface area contributed by atoms with Gasteiger partial charge >= 0.3 is 0 Å². The SMILES string of the molecule is Cc1cc(=O)c(C(=O)N(C)CCOCCBr)c[nH]1. The molecule has 0 aliphatic rings. The van der Waals surface area contributed by atoms with Crippen LogP contribution in [-0.2, 0) is 4.74 Å². The Morgan fingerprint density at radius 3 is 2.83 bits per heavy atom. The normalized spacial score (nSPS) is 10.4. The van der Waals surface area contributed by atoms with E-state index in [-0.39, 0.29) is 16.9 Å². The molecule has 0 saturated heterocycles. The molecule has 5 nitrogen and oxygen atoms in total. The summed E-state index contributed by atoms with van der Waals surface area (Å²) < 4.78 is 5.26. The van der Waals surface area contributed by atoms with Crippen LogP contribution in [0.3, 0.4) is 0 Å². The highest BCUT2D eigenvalue weighted by Gasteiger charge is 2.14. The van der Waals surface area contributed by atoms with E-state index in [4.69, 9.17) is 4.74 Å². The number of aryl methyl sites for hydroxylation is 1. The number of rotatable bonds is 6. The van der Waals surface area contributed by atoms with Crippen LogP contribution in [-0.4, -0.2) is 47.9 Å². The molecule has 0 bridgehead atoms. The summed E-state index contributed by atoms with van der Waals surface area (Å²) in [7, 11) is 1.65. The first kappa shape index (κ1) is 14.9. The molecule has 0 radical (unpaired) electrons. The van der Waals surface area contributed by atoms with Gasteiger partial charge in [-0.25, -0.2) is 0 Å². The third kappa shape index (κ3) is 4.27. The molecule has 1 N–H and O–H groups in total. The van der Waals surface area contributed by atoms with Crippen molar-refractivity contribution < 1.29 is 9.53 Å². The van der Waals surface area contributed by atoms with Crippen molar-refractivity contribution in [1.82, 2.24) is 9.88 Å². The number of H-pyrrole nitrogens is 1. The number of likely N-dealkylation sites (N-methyl/N-ethyl adjacent to an activating group) is 1. The van der Waals surface area contributed by atoms with Gasteiger partial charge in [-0.15, -0.1) is 0 Å². The zero-order valence-corrected chi connectivity index (χ0v) is 12.1. The highest BCUT2D eigenvalue weighted by Crippen LogP contribution is 1.98. The van der Waals surface area contributed by atoms with Gasteiger partial charge in [0.1, 0.15) is 5.56 Å². The first-order valence-electron chi connectivity index (χ1n) is 5.64. The fraction of sp³-hybridized carbons (Fsp3) is 0.500. The number of ether oxygens (including phenoxy) is 1. The van der Waals surface area contributed by atoms with Gasteiger partial charge < -0.3 is 14.6 Å². The highest BCUT2D eigenvalue weighted by molar-refractivity contribution is 9.09. The van der Waals surface area contributed by atoms with Crippen molar-refractivity contribution in [3.05, 3.63) is 33.7 Å². The van der Waals surface area contributed by atoms with Crippen LogP contribution in [0.5, 0.6) is 0 Å². The minimum absolute atomic E-state index is 0.156. The molecule has 0 saturated carbocycles. The van der Waals surface area contributed by atoms with E-state index in [1.807, 2.05) is 0 Å². The van der Waals surface area contributed by atoms with Gasteiger partial charge in [0.15, 0.2) is 5.43 Å². The Labute approximate surface area is 114 Å². The molecule has 1 aromatic rings. The maximum atomic E-state index is 12.0. The lowest BCUT2D eigenvalue weighted by Crippen LogP contribution is -2.33. The molecule has 6 heteroatoms. The lowest BCUT2D eigenvalue weighted by Gasteiger charge is -2.16. The van der Waals surface area contributed by atoms with Crippen LogP contribution in [0.4, 0.5) is 0 Å². The predicted molar refractivity (Wildman–Crippen MR) is 73.4 cm³/mol. The number of hydrogen-bond acceptors (Lipinski definition) is 3. The van der Waals surface area contributed by atoms with Crippen LogP contribution in [0.2, 0.25) is 0 Å². The van der Waals surface area contributed by atoms with Gasteiger partial charge in [-0.1, -0.05) is 15.9 Å². The number of alkyl halides is 1. The summed E-state index contributed by atoms with van der Waals surface area (Å²) in [5, 5.41) is 0.766. The average molecular weight is 317 g/mol. The molecule has 0 spiro atoms. The Bertz CT molecular complexity index is 459. The van der Waals surface area contributed by atoms with Crippen molar-refractivity contribution in [2.75, 3.05) is 32.1 Å². The molecule has 0 aromatic carbocycles. The summed E-state index contributed by atoms with van der Waals surface area (Å²) in [4.78, 5) is 28.0. The van der Waals surface area contributed by atoms with Crippen LogP contribution in [0.1, 0.15) is 16.1 Å². The van der Waals surface area contributed by atoms with Crippen LogP contribution >= 0.6 is 15.9 Å². The number of aromatic amines is 1. The zero-order valence-electron chi connectivity index (χ0n) is 10.5. The third-order valence-corrected chi connectivity index (χ3v) is 2.75. The number of carbonyl (C=O) groups is 1. The number of aromatic nitrogens is 1. The van der Waals surface area contributed by atoms with Crippen molar-refractivity contribution in [3.8, 4) is 0 Å². The van der Waals surface area contributed by atoms with E-state index in [0.29, 0.717) is 19.8 Å². The van der Waals surface area contributed by atoms with Crippen LogP contribution in [0, 0.1) is 6.92 Å². The monoisotopic (exact) mass is 316 g/mol. The van der Waals surface area contributed by atoms with Crippen molar-refractivity contribution in [2.45, 2.75) is 6.92 Å². The summed E-state index contributed by atoms with van der Waals surface area (Å²) in [5.74, 6) is -0.293. The van der Waals surface area contributed by atoms with E-state index in [1.54, 1.807) is 14.0 Å². The maximum absolute atomic E-state index is 12.0. The molecule has 1 aromatic heterocycles. The van der Waals surface area contributed by atoms with Gasteiger partial charge in [-0.05, 0) is 6.92 Å². The largest absolute Gasteiger partial charge is 0.379 e. The number of nitrogens with one attached hydrogen (secondary N) is 1. The zero-order chi connectivity index (χ0) is 13.5. The smallest absolute Gasteiger partial charge is 0.259 e. The van der Waals surface area contributed by atoms with Gasteiger partial charge in [0.05, 0.1) is 13.2 Å². The van der Waals surface area contributed by atoms with E-state index in [9.17, 15) is 9.59 Å². The lowest BCUT2D eigenvalue weighted by atomic mass is 10.2. The number of hydrogen-bond donors (Lipinski definition) is 1. The summed E-state index contributed by atoms with van der Waals surface area (Å²) in [6.45, 7) is 3.29. The van der Waals surface area contributed by atoms with Gasteiger partial charge in [0, 0.05) is 36.9 Å². The fourth-order valence-corrected chi connectivity index (χ4v) is 1.63. The van der Waals surface area contributed by atoms with Crippen molar-refractivity contribution in [2.24, 2.45) is 0 Å². The molecule has 0 fully saturated rings. The average Bonchev–Trinajstić information content (AvgIpc) is 2.33. The summed E-state index contributed by atoms with van der Waals surface area (Å²) in [5.41, 5.74) is 0.632. The van der Waals surface area contributed by atoms with E-state index in [0.717, 1.165) is 11.0 Å². The molecule has 1 heterocycles. The number of pyridine rings is 1. The van der Waals surface area contributed by atoms with Gasteiger partial charge in [0.25, 0.3) is 5.91 Å². The summed E-state index contributed by atoms with van der Waals surface area (Å²) in [6, 6.07) is 1.42. The maximum Gasteiger partial charge on any atom is 0.259 e. The number of halogens is 1. The lowest BCUT2D eigenvalue weighted by molar-refractivity contribution is 0.0711. The fourth-order valence-electron chi connectivity index (χ4n) is 1.41. The quantitative estimate of drug-likeness (QED) is 0.633. The Morgan fingerprint density at radius 1 is 1.50 bits per heavy atom. The second kappa shape index (κ2) is 7.33. The Hall–Kier alpha value is -1.14. The van der Waals surface area contributed by atoms with Crippen molar-refractivity contribution in [1.29, 1.82) is 0 Å². The minimum atomic E-state index is -0.293. The van der Waals surface area contributed by atoms with E-state index in [2.05, 4.69) is 20.9 Å².